The van der Waals surface area contributed by atoms with Gasteiger partial charge in [0, 0.05) is 42.3 Å². The molecule has 0 saturated carbocycles. The lowest BCUT2D eigenvalue weighted by molar-refractivity contribution is -0.120. The number of nitrogens with one attached hydrogen (secondary N) is 1. The molecule has 0 aliphatic carbocycles. The first-order valence-electron chi connectivity index (χ1n) is 8.17. The summed E-state index contributed by atoms with van der Waals surface area (Å²) in [5.41, 5.74) is 2.77. The van der Waals surface area contributed by atoms with Crippen molar-refractivity contribution in [3.05, 3.63) is 41.2 Å². The normalized spacial score (nSPS) is 16.9. The van der Waals surface area contributed by atoms with Crippen LogP contribution in [0.4, 0.5) is 0 Å². The second kappa shape index (κ2) is 7.90. The summed E-state index contributed by atoms with van der Waals surface area (Å²) in [7, 11) is 0. The van der Waals surface area contributed by atoms with Gasteiger partial charge >= 0.3 is 0 Å². The average Bonchev–Trinajstić information content (AvgIpc) is 3.22. The Morgan fingerprint density at radius 1 is 1.42 bits per heavy atom. The van der Waals surface area contributed by atoms with Crippen molar-refractivity contribution in [1.82, 2.24) is 15.4 Å². The van der Waals surface area contributed by atoms with Crippen molar-refractivity contribution >= 4 is 17.7 Å². The number of aromatic nitrogens is 1. The van der Waals surface area contributed by atoms with Crippen LogP contribution >= 0.6 is 11.8 Å². The Morgan fingerprint density at radius 2 is 2.21 bits per heavy atom. The van der Waals surface area contributed by atoms with Crippen molar-refractivity contribution in [2.45, 2.75) is 26.3 Å². The third kappa shape index (κ3) is 4.02. The molecule has 3 rings (SSSR count). The van der Waals surface area contributed by atoms with Crippen LogP contribution in [0.2, 0.25) is 0 Å². The number of hydrogen-bond acceptors (Lipinski definition) is 6. The summed E-state index contributed by atoms with van der Waals surface area (Å²) >= 11 is 1.97. The number of aryl methyl sites for hydroxylation is 2. The highest BCUT2D eigenvalue weighted by Crippen LogP contribution is 2.24. The predicted octanol–water partition coefficient (Wildman–Crippen LogP) is 2.33. The first-order valence-corrected chi connectivity index (χ1v) is 9.33. The van der Waals surface area contributed by atoms with E-state index in [0.29, 0.717) is 18.7 Å². The maximum atomic E-state index is 12.3. The van der Waals surface area contributed by atoms with Gasteiger partial charge in [0.15, 0.2) is 0 Å². The lowest BCUT2D eigenvalue weighted by Gasteiger charge is -2.34. The first-order chi connectivity index (χ1) is 11.6. The largest absolute Gasteiger partial charge is 0.472 e. The zero-order chi connectivity index (χ0) is 16.9. The predicted molar refractivity (Wildman–Crippen MR) is 93.0 cm³/mol. The minimum Gasteiger partial charge on any atom is -0.472 e. The van der Waals surface area contributed by atoms with Crippen LogP contribution in [0.3, 0.4) is 0 Å². The van der Waals surface area contributed by atoms with E-state index in [1.165, 1.54) is 0 Å². The smallest absolute Gasteiger partial charge is 0.224 e. The summed E-state index contributed by atoms with van der Waals surface area (Å²) in [5.74, 6) is 2.95. The number of hydrogen-bond donors (Lipinski definition) is 1. The fourth-order valence-corrected chi connectivity index (χ4v) is 3.93. The molecule has 0 spiro atoms. The summed E-state index contributed by atoms with van der Waals surface area (Å²) in [4.78, 5) is 14.8. The van der Waals surface area contributed by atoms with Gasteiger partial charge in [-0.05, 0) is 19.9 Å². The van der Waals surface area contributed by atoms with Gasteiger partial charge in [-0.2, -0.15) is 11.8 Å². The number of thioether (sulfide) groups is 1. The van der Waals surface area contributed by atoms with Crippen LogP contribution in [-0.4, -0.2) is 47.1 Å². The van der Waals surface area contributed by atoms with E-state index in [4.69, 9.17) is 8.94 Å². The highest BCUT2D eigenvalue weighted by atomic mass is 32.2. The highest BCUT2D eigenvalue weighted by Gasteiger charge is 2.24. The van der Waals surface area contributed by atoms with E-state index in [1.807, 2.05) is 31.7 Å². The van der Waals surface area contributed by atoms with Crippen molar-refractivity contribution in [2.24, 2.45) is 0 Å². The SMILES string of the molecule is Cc1noc(C)c1CC(=O)NCC(c1ccoc1)N1CCSCC1. The van der Waals surface area contributed by atoms with Gasteiger partial charge in [-0.25, -0.2) is 0 Å². The number of nitrogens with zero attached hydrogens (tertiary/aromatic N) is 2. The molecule has 0 aromatic carbocycles. The van der Waals surface area contributed by atoms with Crippen LogP contribution < -0.4 is 5.32 Å². The molecule has 7 heteroatoms. The zero-order valence-corrected chi connectivity index (χ0v) is 14.9. The Bertz CT molecular complexity index is 643. The molecule has 2 aromatic heterocycles. The molecule has 1 saturated heterocycles. The average molecular weight is 349 g/mol. The van der Waals surface area contributed by atoms with Crippen LogP contribution in [0.15, 0.2) is 27.5 Å². The van der Waals surface area contributed by atoms with E-state index in [9.17, 15) is 4.79 Å². The van der Waals surface area contributed by atoms with E-state index < -0.39 is 0 Å². The van der Waals surface area contributed by atoms with E-state index >= 15 is 0 Å². The highest BCUT2D eigenvalue weighted by molar-refractivity contribution is 7.99. The summed E-state index contributed by atoms with van der Waals surface area (Å²) < 4.78 is 10.4. The Hall–Kier alpha value is -1.73. The molecular formula is C17H23N3O3S. The maximum Gasteiger partial charge on any atom is 0.224 e. The van der Waals surface area contributed by atoms with Gasteiger partial charge in [0.05, 0.1) is 30.7 Å². The van der Waals surface area contributed by atoms with Crippen LogP contribution in [0.25, 0.3) is 0 Å². The summed E-state index contributed by atoms with van der Waals surface area (Å²) in [6.45, 7) is 6.33. The first kappa shape index (κ1) is 17.1. The molecule has 6 nitrogen and oxygen atoms in total. The Balaban J connectivity index is 1.62. The maximum absolute atomic E-state index is 12.3. The Labute approximate surface area is 145 Å². The molecule has 1 aliphatic heterocycles. The Morgan fingerprint density at radius 3 is 2.83 bits per heavy atom. The third-order valence-electron chi connectivity index (χ3n) is 4.43. The quantitative estimate of drug-likeness (QED) is 0.863. The number of amides is 1. The van der Waals surface area contributed by atoms with Gasteiger partial charge in [-0.15, -0.1) is 0 Å². The lowest BCUT2D eigenvalue weighted by Crippen LogP contribution is -2.42. The van der Waals surface area contributed by atoms with Crippen molar-refractivity contribution in [2.75, 3.05) is 31.1 Å². The number of rotatable bonds is 6. The van der Waals surface area contributed by atoms with Gasteiger partial charge < -0.3 is 14.3 Å². The third-order valence-corrected chi connectivity index (χ3v) is 5.37. The van der Waals surface area contributed by atoms with Crippen molar-refractivity contribution in [3.8, 4) is 0 Å². The standard InChI is InChI=1S/C17H23N3O3S/c1-12-15(13(2)23-19-12)9-17(21)18-10-16(14-3-6-22-11-14)20-4-7-24-8-5-20/h3,6,11,16H,4-5,7-10H2,1-2H3,(H,18,21). The van der Waals surface area contributed by atoms with Gasteiger partial charge in [-0.3, -0.25) is 9.69 Å². The molecule has 24 heavy (non-hydrogen) atoms. The minimum absolute atomic E-state index is 0.00993. The Kier molecular flexibility index (Phi) is 5.63. The number of furan rings is 1. The van der Waals surface area contributed by atoms with Crippen molar-refractivity contribution < 1.29 is 13.7 Å². The van der Waals surface area contributed by atoms with Gasteiger partial charge in [0.2, 0.25) is 5.91 Å². The topological polar surface area (TPSA) is 71.5 Å². The van der Waals surface area contributed by atoms with Gasteiger partial charge in [0.25, 0.3) is 0 Å². The van der Waals surface area contributed by atoms with Crippen LogP contribution in [0.1, 0.15) is 28.6 Å². The second-order valence-corrected chi connectivity index (χ2v) is 7.23. The molecule has 1 aliphatic rings. The van der Waals surface area contributed by atoms with E-state index in [2.05, 4.69) is 15.4 Å². The molecule has 3 heterocycles. The van der Waals surface area contributed by atoms with E-state index in [0.717, 1.165) is 41.4 Å². The molecular weight excluding hydrogens is 326 g/mol. The summed E-state index contributed by atoms with van der Waals surface area (Å²) in [6.07, 6.45) is 3.76. The summed E-state index contributed by atoms with van der Waals surface area (Å²) in [5, 5.41) is 6.96. The summed E-state index contributed by atoms with van der Waals surface area (Å²) in [6, 6.07) is 2.13. The molecule has 1 N–H and O–H groups in total. The van der Waals surface area contributed by atoms with Crippen molar-refractivity contribution in [1.29, 1.82) is 0 Å². The fourth-order valence-electron chi connectivity index (χ4n) is 3.00. The molecule has 0 bridgehead atoms. The van der Waals surface area contributed by atoms with Crippen LogP contribution in [0, 0.1) is 13.8 Å². The molecule has 130 valence electrons. The van der Waals surface area contributed by atoms with Crippen LogP contribution in [-0.2, 0) is 11.2 Å². The van der Waals surface area contributed by atoms with E-state index in [-0.39, 0.29) is 11.9 Å². The number of carbonyl (C=O) groups is 1. The van der Waals surface area contributed by atoms with E-state index in [1.54, 1.807) is 12.5 Å². The van der Waals surface area contributed by atoms with Crippen LogP contribution in [0.5, 0.6) is 0 Å². The molecule has 1 atom stereocenters. The number of carbonyl (C=O) groups excluding carboxylic acids is 1. The zero-order valence-electron chi connectivity index (χ0n) is 14.1. The fraction of sp³-hybridized carbons (Fsp3) is 0.529. The monoisotopic (exact) mass is 349 g/mol. The molecule has 1 unspecified atom stereocenters. The molecule has 1 fully saturated rings. The molecule has 0 radical (unpaired) electrons. The molecule has 1 amide bonds. The van der Waals surface area contributed by atoms with Crippen molar-refractivity contribution in [3.63, 3.8) is 0 Å². The van der Waals surface area contributed by atoms with Gasteiger partial charge in [0.1, 0.15) is 5.76 Å². The minimum atomic E-state index is -0.00993. The second-order valence-electron chi connectivity index (χ2n) is 6.00. The molecule has 2 aromatic rings. The van der Waals surface area contributed by atoms with Gasteiger partial charge in [-0.1, -0.05) is 5.16 Å². The lowest BCUT2D eigenvalue weighted by atomic mass is 10.1.